The summed E-state index contributed by atoms with van der Waals surface area (Å²) in [6.07, 6.45) is 10.1. The zero-order valence-corrected chi connectivity index (χ0v) is 17.9. The van der Waals surface area contributed by atoms with Crippen LogP contribution in [0, 0.1) is 5.92 Å². The van der Waals surface area contributed by atoms with Crippen molar-refractivity contribution in [2.24, 2.45) is 5.92 Å². The van der Waals surface area contributed by atoms with Crippen LogP contribution in [0.25, 0.3) is 0 Å². The number of ketones is 1. The largest absolute Gasteiger partial charge is 0.494 e. The Morgan fingerprint density at radius 2 is 1.72 bits per heavy atom. The standard InChI is InChI=1S/C25H35NO3/c1-3-5-7-10-18-28-23-15-13-22(14-16-23)24(27)19-21(11-6-4-2)20-29-25-12-8-9-17-26-25/h8-9,12-17,21H,3-7,10-11,18-20H2,1-2H3. The number of aromatic nitrogens is 1. The molecule has 1 aromatic heterocycles. The highest BCUT2D eigenvalue weighted by Crippen LogP contribution is 2.20. The molecule has 0 aliphatic carbocycles. The number of rotatable bonds is 15. The summed E-state index contributed by atoms with van der Waals surface area (Å²) in [5, 5.41) is 0. The topological polar surface area (TPSA) is 48.4 Å². The summed E-state index contributed by atoms with van der Waals surface area (Å²) in [4.78, 5) is 17.0. The van der Waals surface area contributed by atoms with Gasteiger partial charge in [0, 0.05) is 30.2 Å². The van der Waals surface area contributed by atoms with Gasteiger partial charge in [-0.1, -0.05) is 52.0 Å². The van der Waals surface area contributed by atoms with Gasteiger partial charge in [-0.05, 0) is 43.2 Å². The van der Waals surface area contributed by atoms with Gasteiger partial charge in [0.1, 0.15) is 5.75 Å². The second kappa shape index (κ2) is 13.8. The predicted octanol–water partition coefficient (Wildman–Crippen LogP) is 6.50. The van der Waals surface area contributed by atoms with Gasteiger partial charge in [0.25, 0.3) is 0 Å². The molecule has 2 aromatic rings. The van der Waals surface area contributed by atoms with E-state index in [1.54, 1.807) is 6.20 Å². The SMILES string of the molecule is CCCCCCOc1ccc(C(=O)CC(CCCC)COc2ccccn2)cc1. The number of hydrogen-bond acceptors (Lipinski definition) is 4. The van der Waals surface area contributed by atoms with Crippen molar-refractivity contribution in [3.63, 3.8) is 0 Å². The lowest BCUT2D eigenvalue weighted by atomic mass is 9.94. The first-order valence-corrected chi connectivity index (χ1v) is 11.0. The number of nitrogens with zero attached hydrogens (tertiary/aromatic N) is 1. The fraction of sp³-hybridized carbons (Fsp3) is 0.520. The highest BCUT2D eigenvalue weighted by molar-refractivity contribution is 5.96. The van der Waals surface area contributed by atoms with E-state index in [1.165, 1.54) is 19.3 Å². The van der Waals surface area contributed by atoms with Crippen LogP contribution in [-0.2, 0) is 0 Å². The van der Waals surface area contributed by atoms with Crippen molar-refractivity contribution in [2.45, 2.75) is 65.2 Å². The Hall–Kier alpha value is -2.36. The van der Waals surface area contributed by atoms with Gasteiger partial charge in [-0.3, -0.25) is 4.79 Å². The molecular weight excluding hydrogens is 362 g/mol. The number of benzene rings is 1. The number of pyridine rings is 1. The smallest absolute Gasteiger partial charge is 0.213 e. The van der Waals surface area contributed by atoms with Crippen molar-refractivity contribution >= 4 is 5.78 Å². The maximum atomic E-state index is 12.8. The lowest BCUT2D eigenvalue weighted by Crippen LogP contribution is -2.17. The average Bonchev–Trinajstić information content (AvgIpc) is 2.76. The monoisotopic (exact) mass is 397 g/mol. The Morgan fingerprint density at radius 3 is 2.41 bits per heavy atom. The number of unbranched alkanes of at least 4 members (excludes halogenated alkanes) is 4. The Labute approximate surface area is 175 Å². The lowest BCUT2D eigenvalue weighted by Gasteiger charge is -2.16. The van der Waals surface area contributed by atoms with Crippen LogP contribution in [0.1, 0.15) is 75.6 Å². The van der Waals surface area contributed by atoms with Crippen LogP contribution < -0.4 is 9.47 Å². The number of carbonyl (C=O) groups is 1. The summed E-state index contributed by atoms with van der Waals surface area (Å²) in [7, 11) is 0. The van der Waals surface area contributed by atoms with Gasteiger partial charge in [-0.15, -0.1) is 0 Å². The normalized spacial score (nSPS) is 11.8. The highest BCUT2D eigenvalue weighted by atomic mass is 16.5. The molecule has 158 valence electrons. The van der Waals surface area contributed by atoms with E-state index in [0.29, 0.717) is 18.9 Å². The van der Waals surface area contributed by atoms with E-state index >= 15 is 0 Å². The molecule has 0 aliphatic heterocycles. The molecule has 0 saturated carbocycles. The molecule has 1 aromatic carbocycles. The van der Waals surface area contributed by atoms with E-state index in [2.05, 4.69) is 18.8 Å². The van der Waals surface area contributed by atoms with E-state index in [9.17, 15) is 4.79 Å². The molecule has 0 saturated heterocycles. The van der Waals surface area contributed by atoms with Crippen LogP contribution in [0.2, 0.25) is 0 Å². The van der Waals surface area contributed by atoms with Crippen molar-refractivity contribution in [1.82, 2.24) is 4.98 Å². The average molecular weight is 398 g/mol. The quantitative estimate of drug-likeness (QED) is 0.254. The van der Waals surface area contributed by atoms with Crippen LogP contribution >= 0.6 is 0 Å². The van der Waals surface area contributed by atoms with E-state index in [4.69, 9.17) is 9.47 Å². The maximum Gasteiger partial charge on any atom is 0.213 e. The van der Waals surface area contributed by atoms with Crippen molar-refractivity contribution in [3.8, 4) is 11.6 Å². The molecule has 2 rings (SSSR count). The van der Waals surface area contributed by atoms with Gasteiger partial charge < -0.3 is 9.47 Å². The first kappa shape index (κ1) is 22.9. The molecule has 0 N–H and O–H groups in total. The maximum absolute atomic E-state index is 12.8. The summed E-state index contributed by atoms with van der Waals surface area (Å²) in [5.41, 5.74) is 0.739. The molecule has 1 atom stereocenters. The highest BCUT2D eigenvalue weighted by Gasteiger charge is 2.16. The minimum atomic E-state index is 0.158. The van der Waals surface area contributed by atoms with E-state index in [0.717, 1.165) is 43.6 Å². The zero-order valence-electron chi connectivity index (χ0n) is 17.9. The summed E-state index contributed by atoms with van der Waals surface area (Å²) in [5.74, 6) is 1.80. The van der Waals surface area contributed by atoms with Crippen LogP contribution in [0.3, 0.4) is 0 Å². The molecule has 0 fully saturated rings. The van der Waals surface area contributed by atoms with Gasteiger partial charge in [-0.2, -0.15) is 0 Å². The first-order chi connectivity index (χ1) is 14.2. The molecule has 1 heterocycles. The third-order valence-corrected chi connectivity index (χ3v) is 4.99. The first-order valence-electron chi connectivity index (χ1n) is 11.0. The fourth-order valence-corrected chi connectivity index (χ4v) is 3.21. The minimum Gasteiger partial charge on any atom is -0.494 e. The molecule has 4 heteroatoms. The van der Waals surface area contributed by atoms with Crippen molar-refractivity contribution < 1.29 is 14.3 Å². The Morgan fingerprint density at radius 1 is 0.931 bits per heavy atom. The van der Waals surface area contributed by atoms with Gasteiger partial charge in [0.2, 0.25) is 5.88 Å². The van der Waals surface area contributed by atoms with Gasteiger partial charge >= 0.3 is 0 Å². The second-order valence-electron chi connectivity index (χ2n) is 7.55. The number of hydrogen-bond donors (Lipinski definition) is 0. The van der Waals surface area contributed by atoms with Crippen molar-refractivity contribution in [1.29, 1.82) is 0 Å². The van der Waals surface area contributed by atoms with Gasteiger partial charge in [0.15, 0.2) is 5.78 Å². The van der Waals surface area contributed by atoms with Crippen LogP contribution in [0.4, 0.5) is 0 Å². The summed E-state index contributed by atoms with van der Waals surface area (Å²) in [6.45, 7) is 5.62. The van der Waals surface area contributed by atoms with E-state index in [-0.39, 0.29) is 11.7 Å². The third kappa shape index (κ3) is 9.12. The molecule has 4 nitrogen and oxygen atoms in total. The van der Waals surface area contributed by atoms with E-state index < -0.39 is 0 Å². The number of ether oxygens (including phenoxy) is 2. The Balaban J connectivity index is 1.83. The van der Waals surface area contributed by atoms with E-state index in [1.807, 2.05) is 42.5 Å². The summed E-state index contributed by atoms with van der Waals surface area (Å²) in [6, 6.07) is 13.2. The summed E-state index contributed by atoms with van der Waals surface area (Å²) < 4.78 is 11.6. The van der Waals surface area contributed by atoms with Crippen LogP contribution in [-0.4, -0.2) is 24.0 Å². The summed E-state index contributed by atoms with van der Waals surface area (Å²) >= 11 is 0. The Kier molecular flexibility index (Phi) is 10.9. The fourth-order valence-electron chi connectivity index (χ4n) is 3.21. The van der Waals surface area contributed by atoms with Gasteiger partial charge in [0.05, 0.1) is 13.2 Å². The second-order valence-corrected chi connectivity index (χ2v) is 7.55. The zero-order chi connectivity index (χ0) is 20.7. The lowest BCUT2D eigenvalue weighted by molar-refractivity contribution is 0.0936. The number of Topliss-reactive ketones (excluding diaryl/α,β-unsaturated/α-hetero) is 1. The van der Waals surface area contributed by atoms with Crippen LogP contribution in [0.5, 0.6) is 11.6 Å². The predicted molar refractivity (Wildman–Crippen MR) is 118 cm³/mol. The molecule has 0 aliphatic rings. The molecule has 1 unspecified atom stereocenters. The van der Waals surface area contributed by atoms with Crippen molar-refractivity contribution in [3.05, 3.63) is 54.2 Å². The molecule has 0 radical (unpaired) electrons. The molecule has 0 bridgehead atoms. The molecule has 29 heavy (non-hydrogen) atoms. The van der Waals surface area contributed by atoms with Crippen molar-refractivity contribution in [2.75, 3.05) is 13.2 Å². The Bertz CT molecular complexity index is 685. The van der Waals surface area contributed by atoms with Gasteiger partial charge in [-0.25, -0.2) is 4.98 Å². The third-order valence-electron chi connectivity index (χ3n) is 4.99. The minimum absolute atomic E-state index is 0.158. The van der Waals surface area contributed by atoms with Crippen LogP contribution in [0.15, 0.2) is 48.7 Å². The molecular formula is C25H35NO3. The number of carbonyl (C=O) groups excluding carboxylic acids is 1. The molecule has 0 spiro atoms. The molecule has 0 amide bonds.